The summed E-state index contributed by atoms with van der Waals surface area (Å²) in [4.78, 5) is 37.5. The number of hydrogen-bond acceptors (Lipinski definition) is 7. The van der Waals surface area contributed by atoms with Crippen LogP contribution in [0.2, 0.25) is 0 Å². The Hall–Kier alpha value is -3.65. The number of allylic oxidation sites excluding steroid dienone is 3. The van der Waals surface area contributed by atoms with E-state index in [0.717, 1.165) is 24.6 Å². The molecule has 0 unspecified atom stereocenters. The summed E-state index contributed by atoms with van der Waals surface area (Å²) in [6, 6.07) is 8.68. The highest BCUT2D eigenvalue weighted by molar-refractivity contribution is 6.49. The smallest absolute Gasteiger partial charge is 0.255 e. The highest BCUT2D eigenvalue weighted by Crippen LogP contribution is 2.30. The second kappa shape index (κ2) is 13.8. The quantitative estimate of drug-likeness (QED) is 0.363. The van der Waals surface area contributed by atoms with Crippen molar-refractivity contribution in [3.8, 4) is 11.5 Å². The number of carbonyl (C=O) groups excluding carboxylic acids is 2. The van der Waals surface area contributed by atoms with E-state index >= 15 is 0 Å². The number of aliphatic imine (C=N–C) groups is 1. The highest BCUT2D eigenvalue weighted by Gasteiger charge is 2.26. The van der Waals surface area contributed by atoms with Crippen LogP contribution >= 0.6 is 11.6 Å². The van der Waals surface area contributed by atoms with E-state index in [-0.39, 0.29) is 18.2 Å². The van der Waals surface area contributed by atoms with Gasteiger partial charge in [-0.15, -0.1) is 0 Å². The van der Waals surface area contributed by atoms with Crippen molar-refractivity contribution in [1.82, 2.24) is 10.3 Å². The molecule has 1 amide bonds. The Morgan fingerprint density at radius 1 is 1.03 bits per heavy atom. The summed E-state index contributed by atoms with van der Waals surface area (Å²) >= 11 is 6.37. The van der Waals surface area contributed by atoms with Gasteiger partial charge < -0.3 is 19.7 Å². The largest absolute Gasteiger partial charge is 0.490 e. The van der Waals surface area contributed by atoms with Crippen molar-refractivity contribution in [2.45, 2.75) is 49.0 Å². The third kappa shape index (κ3) is 6.81. The number of aryl methyl sites for hydroxylation is 1. The zero-order valence-corrected chi connectivity index (χ0v) is 22.9. The van der Waals surface area contributed by atoms with E-state index in [1.807, 2.05) is 32.9 Å². The number of amides is 1. The standard InChI is InChI=1S/C28H33ClN4O4.CH4/c1-7-33(8-2)25-14-12-20(18(6)30-25)31-21-16-22(27(34)26(29)17(21)5)32-28(35)19-11-13-23(36-9-3)24(15-19)37-10-4;/h11-16H,7-10H2,1-6H3,(H,32,35);1H4. The molecule has 38 heavy (non-hydrogen) atoms. The minimum absolute atomic E-state index is 0. The van der Waals surface area contributed by atoms with Gasteiger partial charge in [0.05, 0.1) is 41.0 Å². The third-order valence-corrected chi connectivity index (χ3v) is 6.32. The zero-order chi connectivity index (χ0) is 27.1. The third-order valence-electron chi connectivity index (χ3n) is 5.86. The molecule has 3 rings (SSSR count). The van der Waals surface area contributed by atoms with Gasteiger partial charge in [0.1, 0.15) is 5.82 Å². The first-order valence-corrected chi connectivity index (χ1v) is 12.8. The van der Waals surface area contributed by atoms with E-state index in [0.29, 0.717) is 47.2 Å². The fraction of sp³-hybridized carbons (Fsp3) is 0.379. The normalized spacial score (nSPS) is 14.1. The number of aromatic nitrogens is 1. The number of benzene rings is 1. The lowest BCUT2D eigenvalue weighted by molar-refractivity contribution is -0.112. The summed E-state index contributed by atoms with van der Waals surface area (Å²) in [5, 5.41) is 2.68. The second-order valence-electron chi connectivity index (χ2n) is 8.25. The molecule has 0 atom stereocenters. The Kier molecular flexibility index (Phi) is 11.1. The average Bonchev–Trinajstić information content (AvgIpc) is 2.88. The van der Waals surface area contributed by atoms with Crippen LogP contribution in [0.1, 0.15) is 58.1 Å². The van der Waals surface area contributed by atoms with Gasteiger partial charge in [0.15, 0.2) is 11.5 Å². The van der Waals surface area contributed by atoms with Gasteiger partial charge in [-0.25, -0.2) is 9.98 Å². The van der Waals surface area contributed by atoms with Crippen LogP contribution in [-0.2, 0) is 4.79 Å². The summed E-state index contributed by atoms with van der Waals surface area (Å²) in [5.74, 6) is 0.914. The Balaban J connectivity index is 0.00000507. The van der Waals surface area contributed by atoms with Gasteiger partial charge in [0.2, 0.25) is 5.78 Å². The number of anilines is 1. The molecule has 8 nitrogen and oxygen atoms in total. The van der Waals surface area contributed by atoms with Crippen molar-refractivity contribution in [2.75, 3.05) is 31.2 Å². The molecule has 0 saturated heterocycles. The van der Waals surface area contributed by atoms with Crippen molar-refractivity contribution in [1.29, 1.82) is 0 Å². The van der Waals surface area contributed by atoms with Crippen molar-refractivity contribution in [2.24, 2.45) is 4.99 Å². The summed E-state index contributed by atoms with van der Waals surface area (Å²) in [6.07, 6.45) is 1.54. The average molecular weight is 541 g/mol. The van der Waals surface area contributed by atoms with E-state index in [2.05, 4.69) is 29.0 Å². The number of pyridine rings is 1. The van der Waals surface area contributed by atoms with E-state index in [9.17, 15) is 9.59 Å². The fourth-order valence-electron chi connectivity index (χ4n) is 3.82. The molecule has 1 aromatic heterocycles. The molecule has 1 aliphatic rings. The Labute approximate surface area is 230 Å². The van der Waals surface area contributed by atoms with Gasteiger partial charge in [-0.3, -0.25) is 9.59 Å². The van der Waals surface area contributed by atoms with Crippen molar-refractivity contribution in [3.05, 3.63) is 64.0 Å². The van der Waals surface area contributed by atoms with Gasteiger partial charge in [-0.2, -0.15) is 0 Å². The van der Waals surface area contributed by atoms with E-state index in [1.54, 1.807) is 25.1 Å². The molecule has 1 aliphatic carbocycles. The highest BCUT2D eigenvalue weighted by atomic mass is 35.5. The Bertz CT molecular complexity index is 1280. The molecular formula is C29H37ClN4O4. The van der Waals surface area contributed by atoms with Crippen LogP contribution in [-0.4, -0.2) is 48.7 Å². The molecule has 1 N–H and O–H groups in total. The molecule has 2 aromatic rings. The maximum absolute atomic E-state index is 13.0. The van der Waals surface area contributed by atoms with E-state index < -0.39 is 11.7 Å². The number of hydrogen-bond donors (Lipinski definition) is 1. The van der Waals surface area contributed by atoms with Crippen LogP contribution in [0.25, 0.3) is 0 Å². The van der Waals surface area contributed by atoms with Crippen LogP contribution in [0.3, 0.4) is 0 Å². The molecule has 9 heteroatoms. The lowest BCUT2D eigenvalue weighted by Crippen LogP contribution is -2.31. The first-order valence-electron chi connectivity index (χ1n) is 12.4. The van der Waals surface area contributed by atoms with Gasteiger partial charge in [0, 0.05) is 18.7 Å². The Morgan fingerprint density at radius 3 is 2.29 bits per heavy atom. The maximum Gasteiger partial charge on any atom is 0.255 e. The number of ketones is 1. The topological polar surface area (TPSA) is 93.1 Å². The molecule has 0 aliphatic heterocycles. The van der Waals surface area contributed by atoms with Gasteiger partial charge in [0.25, 0.3) is 5.91 Å². The minimum atomic E-state index is -0.478. The SMILES string of the molecule is C.CCOc1ccc(C(=O)NC2=CC(=Nc3ccc(N(CC)CC)nc3C)C(C)=C(Cl)C2=O)cc1OCC. The van der Waals surface area contributed by atoms with Gasteiger partial charge in [-0.05, 0) is 83.5 Å². The second-order valence-corrected chi connectivity index (χ2v) is 8.63. The fourth-order valence-corrected chi connectivity index (χ4v) is 4.02. The number of nitrogens with one attached hydrogen (secondary N) is 1. The number of Topliss-reactive ketones (excluding diaryl/α,β-unsaturated/α-hetero) is 1. The predicted molar refractivity (Wildman–Crippen MR) is 154 cm³/mol. The van der Waals surface area contributed by atoms with Crippen LogP contribution < -0.4 is 19.7 Å². The molecular weight excluding hydrogens is 504 g/mol. The summed E-state index contributed by atoms with van der Waals surface area (Å²) in [6.45, 7) is 14.1. The molecule has 204 valence electrons. The van der Waals surface area contributed by atoms with Crippen LogP contribution in [0.5, 0.6) is 11.5 Å². The Morgan fingerprint density at radius 2 is 1.68 bits per heavy atom. The molecule has 1 heterocycles. The van der Waals surface area contributed by atoms with Crippen molar-refractivity contribution < 1.29 is 19.1 Å². The van der Waals surface area contributed by atoms with Crippen LogP contribution in [0.15, 0.2) is 57.7 Å². The van der Waals surface area contributed by atoms with E-state index in [1.165, 1.54) is 6.08 Å². The molecule has 0 saturated carbocycles. The molecule has 1 aromatic carbocycles. The van der Waals surface area contributed by atoms with Crippen molar-refractivity contribution >= 4 is 40.5 Å². The van der Waals surface area contributed by atoms with Crippen LogP contribution in [0.4, 0.5) is 11.5 Å². The molecule has 0 bridgehead atoms. The molecule has 0 spiro atoms. The number of halogens is 1. The summed E-state index contributed by atoms with van der Waals surface area (Å²) in [5.41, 5.74) is 2.75. The summed E-state index contributed by atoms with van der Waals surface area (Å²) in [7, 11) is 0. The maximum atomic E-state index is 13.0. The summed E-state index contributed by atoms with van der Waals surface area (Å²) < 4.78 is 11.2. The van der Waals surface area contributed by atoms with Crippen LogP contribution in [0, 0.1) is 6.92 Å². The monoisotopic (exact) mass is 540 g/mol. The van der Waals surface area contributed by atoms with Gasteiger partial charge >= 0.3 is 0 Å². The zero-order valence-electron chi connectivity index (χ0n) is 22.1. The van der Waals surface area contributed by atoms with Gasteiger partial charge in [-0.1, -0.05) is 19.0 Å². The number of carbonyl (C=O) groups is 2. The molecule has 0 fully saturated rings. The first kappa shape index (κ1) is 30.6. The van der Waals surface area contributed by atoms with Crippen molar-refractivity contribution in [3.63, 3.8) is 0 Å². The number of rotatable bonds is 10. The first-order chi connectivity index (χ1) is 17.7. The predicted octanol–water partition coefficient (Wildman–Crippen LogP) is 6.15. The van der Waals surface area contributed by atoms with E-state index in [4.69, 9.17) is 26.1 Å². The lowest BCUT2D eigenvalue weighted by Gasteiger charge is -2.20. The number of ether oxygens (including phenoxy) is 2. The number of nitrogens with zero attached hydrogens (tertiary/aromatic N) is 3. The molecule has 0 radical (unpaired) electrons. The minimum Gasteiger partial charge on any atom is -0.490 e. The lowest BCUT2D eigenvalue weighted by atomic mass is 10.0.